The molecule has 3 rings (SSSR count). The van der Waals surface area contributed by atoms with E-state index in [0.717, 1.165) is 11.5 Å². The van der Waals surface area contributed by atoms with Crippen LogP contribution in [0.4, 0.5) is 4.79 Å². The highest BCUT2D eigenvalue weighted by atomic mass is 16.5. The highest BCUT2D eigenvalue weighted by molar-refractivity contribution is 5.74. The first-order valence-electron chi connectivity index (χ1n) is 7.60. The molecule has 1 N–H and O–H groups in total. The molecule has 0 radical (unpaired) electrons. The van der Waals surface area contributed by atoms with Crippen molar-refractivity contribution in [2.45, 2.75) is 32.5 Å². The number of morpholine rings is 1. The number of hydrogen-bond donors (Lipinski definition) is 1. The molecule has 0 aromatic carbocycles. The maximum atomic E-state index is 12.2. The standard InChI is InChI=1S/C15H21N5O2/c1-11-9-19(10-12(2)22-11)15(21)16-7-6-14-18-17-13-5-3-4-8-20(13)14/h3-5,8,11-12H,6-7,9-10H2,1-2H3,(H,16,21). The quantitative estimate of drug-likeness (QED) is 0.921. The molecule has 0 saturated carbocycles. The van der Waals surface area contributed by atoms with Crippen LogP contribution in [0.3, 0.4) is 0 Å². The monoisotopic (exact) mass is 303 g/mol. The highest BCUT2D eigenvalue weighted by Gasteiger charge is 2.25. The molecule has 2 aromatic heterocycles. The number of rotatable bonds is 3. The second kappa shape index (κ2) is 6.31. The number of aromatic nitrogens is 3. The van der Waals surface area contributed by atoms with E-state index >= 15 is 0 Å². The minimum atomic E-state index is -0.0455. The van der Waals surface area contributed by atoms with Crippen LogP contribution in [0.15, 0.2) is 24.4 Å². The summed E-state index contributed by atoms with van der Waals surface area (Å²) in [5.74, 6) is 0.847. The third-order valence-corrected chi connectivity index (χ3v) is 3.72. The largest absolute Gasteiger partial charge is 0.372 e. The molecule has 1 aliphatic heterocycles. The van der Waals surface area contributed by atoms with Gasteiger partial charge >= 0.3 is 6.03 Å². The molecule has 1 aliphatic rings. The van der Waals surface area contributed by atoms with Crippen LogP contribution in [0.5, 0.6) is 0 Å². The van der Waals surface area contributed by atoms with E-state index in [-0.39, 0.29) is 18.2 Å². The van der Waals surface area contributed by atoms with Crippen molar-refractivity contribution in [1.82, 2.24) is 24.8 Å². The first-order chi connectivity index (χ1) is 10.6. The smallest absolute Gasteiger partial charge is 0.317 e. The number of ether oxygens (including phenoxy) is 1. The van der Waals surface area contributed by atoms with Crippen LogP contribution in [-0.2, 0) is 11.2 Å². The predicted molar refractivity (Wildman–Crippen MR) is 81.7 cm³/mol. The number of amides is 2. The van der Waals surface area contributed by atoms with E-state index in [1.807, 2.05) is 42.6 Å². The SMILES string of the molecule is CC1CN(C(=O)NCCc2nnc3ccccn23)CC(C)O1. The Morgan fingerprint density at radius 2 is 2.09 bits per heavy atom. The summed E-state index contributed by atoms with van der Waals surface area (Å²) in [5.41, 5.74) is 0.819. The van der Waals surface area contributed by atoms with Crippen molar-refractivity contribution in [2.24, 2.45) is 0 Å². The summed E-state index contributed by atoms with van der Waals surface area (Å²) in [6.07, 6.45) is 2.73. The van der Waals surface area contributed by atoms with Crippen LogP contribution in [0.25, 0.3) is 5.65 Å². The number of pyridine rings is 1. The lowest BCUT2D eigenvalue weighted by molar-refractivity contribution is -0.0544. The Labute approximate surface area is 129 Å². The third kappa shape index (κ3) is 3.19. The van der Waals surface area contributed by atoms with E-state index in [0.29, 0.717) is 26.1 Å². The number of fused-ring (bicyclic) bond motifs is 1. The molecule has 2 atom stereocenters. The van der Waals surface area contributed by atoms with Crippen LogP contribution in [0, 0.1) is 0 Å². The molecule has 22 heavy (non-hydrogen) atoms. The Hall–Kier alpha value is -2.15. The average Bonchev–Trinajstić information content (AvgIpc) is 2.90. The van der Waals surface area contributed by atoms with Crippen molar-refractivity contribution < 1.29 is 9.53 Å². The molecular weight excluding hydrogens is 282 g/mol. The maximum Gasteiger partial charge on any atom is 0.317 e. The summed E-state index contributed by atoms with van der Waals surface area (Å²) in [4.78, 5) is 14.0. The fourth-order valence-electron chi connectivity index (χ4n) is 2.80. The second-order valence-electron chi connectivity index (χ2n) is 5.69. The molecule has 2 amide bonds. The lowest BCUT2D eigenvalue weighted by Crippen LogP contribution is -2.51. The fourth-order valence-corrected chi connectivity index (χ4v) is 2.80. The molecule has 7 heteroatoms. The van der Waals surface area contributed by atoms with E-state index in [1.165, 1.54) is 0 Å². The van der Waals surface area contributed by atoms with Gasteiger partial charge in [0.2, 0.25) is 0 Å². The van der Waals surface area contributed by atoms with E-state index in [9.17, 15) is 4.79 Å². The summed E-state index contributed by atoms with van der Waals surface area (Å²) in [6.45, 7) is 5.76. The molecule has 2 aromatic rings. The number of nitrogens with zero attached hydrogens (tertiary/aromatic N) is 4. The molecule has 0 spiro atoms. The lowest BCUT2D eigenvalue weighted by Gasteiger charge is -2.35. The van der Waals surface area contributed by atoms with E-state index in [4.69, 9.17) is 4.74 Å². The van der Waals surface area contributed by atoms with Crippen molar-refractivity contribution >= 4 is 11.7 Å². The zero-order valence-corrected chi connectivity index (χ0v) is 12.9. The van der Waals surface area contributed by atoms with Gasteiger partial charge in [-0.3, -0.25) is 4.40 Å². The number of carbonyl (C=O) groups excluding carboxylic acids is 1. The van der Waals surface area contributed by atoms with Crippen molar-refractivity contribution in [2.75, 3.05) is 19.6 Å². The van der Waals surface area contributed by atoms with Crippen molar-refractivity contribution in [1.29, 1.82) is 0 Å². The van der Waals surface area contributed by atoms with Crippen LogP contribution >= 0.6 is 0 Å². The van der Waals surface area contributed by atoms with Crippen LogP contribution in [0.2, 0.25) is 0 Å². The first kappa shape index (κ1) is 14.8. The Bertz CT molecular complexity index is 646. The molecule has 7 nitrogen and oxygen atoms in total. The van der Waals surface area contributed by atoms with E-state index in [2.05, 4.69) is 15.5 Å². The van der Waals surface area contributed by atoms with E-state index < -0.39 is 0 Å². The summed E-state index contributed by atoms with van der Waals surface area (Å²) < 4.78 is 7.57. The van der Waals surface area contributed by atoms with Gasteiger partial charge in [-0.1, -0.05) is 6.07 Å². The Kier molecular flexibility index (Phi) is 4.24. The summed E-state index contributed by atoms with van der Waals surface area (Å²) in [7, 11) is 0. The van der Waals surface area contributed by atoms with Gasteiger partial charge in [0, 0.05) is 32.3 Å². The first-order valence-corrected chi connectivity index (χ1v) is 7.60. The van der Waals surface area contributed by atoms with Gasteiger partial charge in [0.05, 0.1) is 12.2 Å². The maximum absolute atomic E-state index is 12.2. The van der Waals surface area contributed by atoms with Gasteiger partial charge in [-0.2, -0.15) is 0 Å². The molecule has 118 valence electrons. The van der Waals surface area contributed by atoms with Gasteiger partial charge in [0.25, 0.3) is 0 Å². The number of carbonyl (C=O) groups is 1. The average molecular weight is 303 g/mol. The Balaban J connectivity index is 1.53. The molecular formula is C15H21N5O2. The van der Waals surface area contributed by atoms with Gasteiger partial charge < -0.3 is 15.0 Å². The van der Waals surface area contributed by atoms with Crippen molar-refractivity contribution in [3.05, 3.63) is 30.2 Å². The van der Waals surface area contributed by atoms with Gasteiger partial charge in [0.15, 0.2) is 5.65 Å². The van der Waals surface area contributed by atoms with Gasteiger partial charge in [-0.05, 0) is 26.0 Å². The third-order valence-electron chi connectivity index (χ3n) is 3.72. The molecule has 3 heterocycles. The Morgan fingerprint density at radius 1 is 1.32 bits per heavy atom. The number of nitrogens with one attached hydrogen (secondary N) is 1. The van der Waals surface area contributed by atoms with Gasteiger partial charge in [-0.25, -0.2) is 4.79 Å². The van der Waals surface area contributed by atoms with E-state index in [1.54, 1.807) is 4.90 Å². The highest BCUT2D eigenvalue weighted by Crippen LogP contribution is 2.10. The van der Waals surface area contributed by atoms with Crippen LogP contribution in [0.1, 0.15) is 19.7 Å². The molecule has 2 unspecified atom stereocenters. The van der Waals surface area contributed by atoms with Gasteiger partial charge in [0.1, 0.15) is 5.82 Å². The Morgan fingerprint density at radius 3 is 2.86 bits per heavy atom. The molecule has 0 aliphatic carbocycles. The number of hydrogen-bond acceptors (Lipinski definition) is 4. The molecule has 1 fully saturated rings. The predicted octanol–water partition coefficient (Wildman–Crippen LogP) is 1.09. The fraction of sp³-hybridized carbons (Fsp3) is 0.533. The minimum absolute atomic E-state index is 0.0455. The zero-order valence-electron chi connectivity index (χ0n) is 12.9. The summed E-state index contributed by atoms with van der Waals surface area (Å²) in [6, 6.07) is 5.73. The minimum Gasteiger partial charge on any atom is -0.372 e. The van der Waals surface area contributed by atoms with Crippen LogP contribution < -0.4 is 5.32 Å². The number of urea groups is 1. The molecule has 1 saturated heterocycles. The lowest BCUT2D eigenvalue weighted by atomic mass is 10.2. The summed E-state index contributed by atoms with van der Waals surface area (Å²) in [5, 5.41) is 11.2. The zero-order chi connectivity index (χ0) is 15.5. The van der Waals surface area contributed by atoms with Crippen LogP contribution in [-0.4, -0.2) is 57.4 Å². The van der Waals surface area contributed by atoms with Crippen molar-refractivity contribution in [3.8, 4) is 0 Å². The van der Waals surface area contributed by atoms with Crippen molar-refractivity contribution in [3.63, 3.8) is 0 Å². The topological polar surface area (TPSA) is 71.8 Å². The second-order valence-corrected chi connectivity index (χ2v) is 5.69. The molecule has 0 bridgehead atoms. The normalized spacial score (nSPS) is 22.0. The summed E-state index contributed by atoms with van der Waals surface area (Å²) >= 11 is 0. The van der Waals surface area contributed by atoms with Gasteiger partial charge in [-0.15, -0.1) is 10.2 Å².